The Morgan fingerprint density at radius 2 is 2.09 bits per heavy atom. The van der Waals surface area contributed by atoms with Crippen molar-refractivity contribution in [1.29, 1.82) is 0 Å². The average Bonchev–Trinajstić information content (AvgIpc) is 3.19. The van der Waals surface area contributed by atoms with E-state index in [1.165, 1.54) is 23.5 Å². The lowest BCUT2D eigenvalue weighted by Crippen LogP contribution is -2.06. The molecule has 0 radical (unpaired) electrons. The largest absolute Gasteiger partial charge is 0.338 e. The molecule has 0 spiro atoms. The van der Waals surface area contributed by atoms with Gasteiger partial charge in [0.25, 0.3) is 0 Å². The van der Waals surface area contributed by atoms with E-state index in [-0.39, 0.29) is 11.1 Å². The van der Waals surface area contributed by atoms with Crippen molar-refractivity contribution >= 4 is 22.1 Å². The van der Waals surface area contributed by atoms with Crippen molar-refractivity contribution in [2.24, 2.45) is 0 Å². The number of benzene rings is 1. The van der Waals surface area contributed by atoms with Gasteiger partial charge >= 0.3 is 0 Å². The zero-order valence-corrected chi connectivity index (χ0v) is 13.4. The molecule has 2 aromatic heterocycles. The van der Waals surface area contributed by atoms with Crippen LogP contribution in [-0.4, -0.2) is 14.3 Å². The molecule has 0 amide bonds. The van der Waals surface area contributed by atoms with Crippen molar-refractivity contribution in [3.8, 4) is 10.7 Å². The summed E-state index contributed by atoms with van der Waals surface area (Å²) >= 11 is 1.52. The summed E-state index contributed by atoms with van der Waals surface area (Å²) in [5.74, 6) is 0.873. The first-order valence-corrected chi connectivity index (χ1v) is 8.89. The zero-order chi connectivity index (χ0) is 15.5. The van der Waals surface area contributed by atoms with Crippen molar-refractivity contribution < 1.29 is 13.1 Å². The Morgan fingerprint density at radius 1 is 1.32 bits per heavy atom. The minimum atomic E-state index is -1.22. The first-order chi connectivity index (χ1) is 10.6. The highest BCUT2D eigenvalue weighted by atomic mass is 32.2. The summed E-state index contributed by atoms with van der Waals surface area (Å²) in [5, 5.41) is 5.47. The molecule has 0 aliphatic carbocycles. The van der Waals surface area contributed by atoms with E-state index in [1.54, 1.807) is 19.1 Å². The number of aromatic nitrogens is 2. The molecule has 0 fully saturated rings. The Hall–Kier alpha value is -1.86. The standard InChI is InChI=1S/C15H13FN2O2S2/c1-10(22(19)9-11-4-6-12(16)7-5-11)15-17-14(18-20-15)13-3-2-8-21-13/h2-8,10H,9H2,1H3/t10-,22+/m1/s1. The Kier molecular flexibility index (Phi) is 4.44. The molecule has 22 heavy (non-hydrogen) atoms. The summed E-state index contributed by atoms with van der Waals surface area (Å²) in [6.07, 6.45) is 0. The summed E-state index contributed by atoms with van der Waals surface area (Å²) in [6, 6.07) is 9.79. The Balaban J connectivity index is 1.71. The number of hydrogen-bond donors (Lipinski definition) is 0. The SMILES string of the molecule is C[C@H](c1nc(-c2cccs2)no1)[S@@](=O)Cc1ccc(F)cc1. The average molecular weight is 336 g/mol. The van der Waals surface area contributed by atoms with Crippen LogP contribution in [0.4, 0.5) is 4.39 Å². The molecule has 114 valence electrons. The van der Waals surface area contributed by atoms with Crippen LogP contribution in [0.25, 0.3) is 10.7 Å². The zero-order valence-electron chi connectivity index (χ0n) is 11.7. The molecule has 0 saturated carbocycles. The minimum Gasteiger partial charge on any atom is -0.338 e. The summed E-state index contributed by atoms with van der Waals surface area (Å²) < 4.78 is 30.5. The van der Waals surface area contributed by atoms with Crippen LogP contribution in [0.3, 0.4) is 0 Å². The number of rotatable bonds is 5. The molecule has 2 heterocycles. The van der Waals surface area contributed by atoms with E-state index in [4.69, 9.17) is 4.52 Å². The van der Waals surface area contributed by atoms with E-state index >= 15 is 0 Å². The van der Waals surface area contributed by atoms with Crippen LogP contribution in [0, 0.1) is 5.82 Å². The van der Waals surface area contributed by atoms with Gasteiger partial charge in [0.05, 0.1) is 4.88 Å². The second-order valence-corrected chi connectivity index (χ2v) is 7.43. The molecule has 0 unspecified atom stereocenters. The molecule has 0 aliphatic heterocycles. The molecule has 3 aromatic rings. The molecule has 0 aliphatic rings. The predicted molar refractivity (Wildman–Crippen MR) is 84.3 cm³/mol. The van der Waals surface area contributed by atoms with Gasteiger partial charge in [0, 0.05) is 16.6 Å². The quantitative estimate of drug-likeness (QED) is 0.708. The Bertz CT molecular complexity index is 769. The molecular formula is C15H13FN2O2S2. The lowest BCUT2D eigenvalue weighted by molar-refractivity contribution is 0.379. The summed E-state index contributed by atoms with van der Waals surface area (Å²) in [6.45, 7) is 1.78. The van der Waals surface area contributed by atoms with Gasteiger partial charge in [-0.2, -0.15) is 4.98 Å². The van der Waals surface area contributed by atoms with Gasteiger partial charge in [-0.3, -0.25) is 4.21 Å². The van der Waals surface area contributed by atoms with E-state index in [2.05, 4.69) is 10.1 Å². The molecular weight excluding hydrogens is 323 g/mol. The van der Waals surface area contributed by atoms with Gasteiger partial charge in [0.1, 0.15) is 11.1 Å². The fraction of sp³-hybridized carbons (Fsp3) is 0.200. The first kappa shape index (κ1) is 15.1. The lowest BCUT2D eigenvalue weighted by Gasteiger charge is -2.06. The molecule has 0 saturated heterocycles. The van der Waals surface area contributed by atoms with Crippen molar-refractivity contribution in [3.05, 3.63) is 59.0 Å². The molecule has 3 rings (SSSR count). The van der Waals surface area contributed by atoms with Gasteiger partial charge in [-0.15, -0.1) is 11.3 Å². The third-order valence-corrected chi connectivity index (χ3v) is 5.62. The Labute approximate surface area is 133 Å². The Morgan fingerprint density at radius 3 is 2.77 bits per heavy atom. The number of thiophene rings is 1. The molecule has 4 nitrogen and oxygen atoms in total. The van der Waals surface area contributed by atoms with Gasteiger partial charge in [0.15, 0.2) is 0 Å². The summed E-state index contributed by atoms with van der Waals surface area (Å²) in [5.41, 5.74) is 0.810. The van der Waals surface area contributed by atoms with Crippen LogP contribution >= 0.6 is 11.3 Å². The molecule has 1 aromatic carbocycles. The van der Waals surface area contributed by atoms with Crippen molar-refractivity contribution in [1.82, 2.24) is 10.1 Å². The fourth-order valence-corrected chi connectivity index (χ4v) is 3.63. The second kappa shape index (κ2) is 6.50. The lowest BCUT2D eigenvalue weighted by atomic mass is 10.2. The highest BCUT2D eigenvalue weighted by Crippen LogP contribution is 2.26. The van der Waals surface area contributed by atoms with E-state index < -0.39 is 10.8 Å². The highest BCUT2D eigenvalue weighted by molar-refractivity contribution is 7.84. The first-order valence-electron chi connectivity index (χ1n) is 6.62. The molecule has 0 bridgehead atoms. The monoisotopic (exact) mass is 336 g/mol. The maximum absolute atomic E-state index is 12.9. The van der Waals surface area contributed by atoms with Crippen LogP contribution in [0.2, 0.25) is 0 Å². The minimum absolute atomic E-state index is 0.305. The van der Waals surface area contributed by atoms with Crippen LogP contribution in [-0.2, 0) is 16.6 Å². The maximum Gasteiger partial charge on any atom is 0.242 e. The fourth-order valence-electron chi connectivity index (χ4n) is 1.89. The van der Waals surface area contributed by atoms with Crippen molar-refractivity contribution in [2.75, 3.05) is 0 Å². The van der Waals surface area contributed by atoms with Gasteiger partial charge in [0.2, 0.25) is 11.7 Å². The van der Waals surface area contributed by atoms with E-state index in [9.17, 15) is 8.60 Å². The van der Waals surface area contributed by atoms with Crippen LogP contribution in [0.1, 0.15) is 23.6 Å². The van der Waals surface area contributed by atoms with E-state index in [0.29, 0.717) is 17.5 Å². The van der Waals surface area contributed by atoms with E-state index in [0.717, 1.165) is 10.4 Å². The van der Waals surface area contributed by atoms with E-state index in [1.807, 2.05) is 17.5 Å². The van der Waals surface area contributed by atoms with Crippen molar-refractivity contribution in [2.45, 2.75) is 17.9 Å². The maximum atomic E-state index is 12.9. The molecule has 0 N–H and O–H groups in total. The van der Waals surface area contributed by atoms with Crippen molar-refractivity contribution in [3.63, 3.8) is 0 Å². The van der Waals surface area contributed by atoms with Gasteiger partial charge in [-0.05, 0) is 36.1 Å². The smallest absolute Gasteiger partial charge is 0.242 e. The summed E-state index contributed by atoms with van der Waals surface area (Å²) in [4.78, 5) is 5.22. The van der Waals surface area contributed by atoms with Crippen LogP contribution < -0.4 is 0 Å². The predicted octanol–water partition coefficient (Wildman–Crippen LogP) is 3.95. The van der Waals surface area contributed by atoms with Crippen LogP contribution in [0.5, 0.6) is 0 Å². The second-order valence-electron chi connectivity index (χ2n) is 4.73. The third kappa shape index (κ3) is 3.31. The normalized spacial score (nSPS) is 13.9. The third-order valence-electron chi connectivity index (χ3n) is 3.15. The van der Waals surface area contributed by atoms with Crippen LogP contribution in [0.15, 0.2) is 46.3 Å². The van der Waals surface area contributed by atoms with Gasteiger partial charge in [-0.1, -0.05) is 23.4 Å². The topological polar surface area (TPSA) is 56.0 Å². The molecule has 7 heteroatoms. The summed E-state index contributed by atoms with van der Waals surface area (Å²) in [7, 11) is -1.22. The number of halogens is 1. The molecule has 2 atom stereocenters. The van der Waals surface area contributed by atoms with Gasteiger partial charge in [-0.25, -0.2) is 4.39 Å². The number of hydrogen-bond acceptors (Lipinski definition) is 5. The number of nitrogens with zero attached hydrogens (tertiary/aromatic N) is 2. The highest BCUT2D eigenvalue weighted by Gasteiger charge is 2.21. The van der Waals surface area contributed by atoms with Gasteiger partial charge < -0.3 is 4.52 Å².